The number of phenolic OH excluding ortho intramolecular Hbond substituents is 2. The van der Waals surface area contributed by atoms with E-state index in [1.54, 1.807) is 6.92 Å². The summed E-state index contributed by atoms with van der Waals surface area (Å²) >= 11 is 6.10. The maximum atomic E-state index is 13.1. The van der Waals surface area contributed by atoms with Gasteiger partial charge in [-0.25, -0.2) is 4.79 Å². The van der Waals surface area contributed by atoms with Crippen LogP contribution in [0.3, 0.4) is 0 Å². The lowest BCUT2D eigenvalue weighted by atomic mass is 10.0. The molecule has 0 aliphatic heterocycles. The Morgan fingerprint density at radius 2 is 1.65 bits per heavy atom. The molecule has 0 radical (unpaired) electrons. The van der Waals surface area contributed by atoms with E-state index in [0.29, 0.717) is 5.56 Å². The monoisotopic (exact) mass is 543 g/mol. The number of nitrogen functional groups attached to an aromatic ring is 1. The van der Waals surface area contributed by atoms with E-state index in [-0.39, 0.29) is 65.5 Å². The highest BCUT2D eigenvalue weighted by molar-refractivity contribution is 6.33. The zero-order valence-electron chi connectivity index (χ0n) is 20.8. The van der Waals surface area contributed by atoms with Gasteiger partial charge in [0.05, 0.1) is 17.8 Å². The molecule has 0 heterocycles. The van der Waals surface area contributed by atoms with Gasteiger partial charge in [-0.15, -0.1) is 0 Å². The molecule has 2 rings (SSSR count). The van der Waals surface area contributed by atoms with Crippen LogP contribution in [0.1, 0.15) is 34.8 Å². The first-order chi connectivity index (χ1) is 17.5. The van der Waals surface area contributed by atoms with Crippen molar-refractivity contribution in [2.24, 2.45) is 0 Å². The fourth-order valence-electron chi connectivity index (χ4n) is 3.57. The number of phenols is 2. The van der Waals surface area contributed by atoms with Crippen LogP contribution in [-0.4, -0.2) is 68.3 Å². The number of carbonyl (C=O) groups excluding carboxylic acids is 1. The summed E-state index contributed by atoms with van der Waals surface area (Å²) in [7, 11) is 4.30. The van der Waals surface area contributed by atoms with Crippen LogP contribution in [0.5, 0.6) is 28.7 Å². The molecule has 2 aromatic rings. The topological polar surface area (TPSA) is 176 Å². The molecule has 0 spiro atoms. The summed E-state index contributed by atoms with van der Waals surface area (Å²) in [6.45, 7) is 1.37. The number of methoxy groups -OCH3 is 3. The van der Waals surface area contributed by atoms with Gasteiger partial charge in [-0.3, -0.25) is 4.79 Å². The number of carboxylic acid groups (broad SMARTS) is 1. The standard InChI is InChI=1S/C24H30ClNO11/c1-12(37-24(31)20-13(5-6-19(29)30)21(25)17(28)9-16(20)27)7-14-22(36-11-33-3)15(26)8-18(23(14)34-4)35-10-32-2/h8-9,12,27-28H,5-7,10-11,26H2,1-4H3,(H,29,30). The van der Waals surface area contributed by atoms with Gasteiger partial charge in [0, 0.05) is 44.8 Å². The minimum absolute atomic E-state index is 0.0272. The number of hydrogen-bond donors (Lipinski definition) is 4. The maximum absolute atomic E-state index is 13.1. The Hall–Kier alpha value is -3.61. The van der Waals surface area contributed by atoms with E-state index < -0.39 is 36.0 Å². The van der Waals surface area contributed by atoms with Crippen molar-refractivity contribution >= 4 is 29.2 Å². The minimum atomic E-state index is -1.16. The van der Waals surface area contributed by atoms with Crippen LogP contribution in [0.25, 0.3) is 0 Å². The molecule has 37 heavy (non-hydrogen) atoms. The molecule has 0 aromatic heterocycles. The zero-order chi connectivity index (χ0) is 27.7. The fourth-order valence-corrected chi connectivity index (χ4v) is 3.82. The first-order valence-electron chi connectivity index (χ1n) is 10.9. The van der Waals surface area contributed by atoms with Crippen molar-refractivity contribution in [3.63, 3.8) is 0 Å². The SMILES string of the molecule is COCOc1cc(N)c(OCOC)c(CC(C)OC(=O)c2c(O)cc(O)c(Cl)c2CCC(=O)O)c1OC. The Labute approximate surface area is 218 Å². The molecule has 2 aromatic carbocycles. The van der Waals surface area contributed by atoms with Crippen molar-refractivity contribution in [3.05, 3.63) is 33.8 Å². The van der Waals surface area contributed by atoms with Crippen LogP contribution in [0.2, 0.25) is 5.02 Å². The van der Waals surface area contributed by atoms with E-state index in [2.05, 4.69) is 0 Å². The average Bonchev–Trinajstić information content (AvgIpc) is 2.83. The normalized spacial score (nSPS) is 11.6. The van der Waals surface area contributed by atoms with Gasteiger partial charge in [0.15, 0.2) is 30.8 Å². The zero-order valence-corrected chi connectivity index (χ0v) is 21.6. The van der Waals surface area contributed by atoms with Crippen molar-refractivity contribution in [1.82, 2.24) is 0 Å². The van der Waals surface area contributed by atoms with Gasteiger partial charge in [-0.1, -0.05) is 11.6 Å². The second kappa shape index (κ2) is 13.6. The Kier molecular flexibility index (Phi) is 10.9. The van der Waals surface area contributed by atoms with Crippen molar-refractivity contribution in [3.8, 4) is 28.7 Å². The Bertz CT molecular complexity index is 1120. The third-order valence-corrected chi connectivity index (χ3v) is 5.51. The second-order valence-corrected chi connectivity index (χ2v) is 8.18. The Morgan fingerprint density at radius 3 is 2.24 bits per heavy atom. The molecule has 5 N–H and O–H groups in total. The second-order valence-electron chi connectivity index (χ2n) is 7.80. The smallest absolute Gasteiger partial charge is 0.342 e. The number of esters is 1. The molecular formula is C24H30ClNO11. The van der Waals surface area contributed by atoms with Gasteiger partial charge >= 0.3 is 11.9 Å². The molecule has 13 heteroatoms. The average molecular weight is 544 g/mol. The van der Waals surface area contributed by atoms with Crippen molar-refractivity contribution in [2.45, 2.75) is 32.3 Å². The number of anilines is 1. The van der Waals surface area contributed by atoms with Crippen LogP contribution in [0, 0.1) is 0 Å². The number of aliphatic carboxylic acids is 1. The van der Waals surface area contributed by atoms with E-state index in [1.165, 1.54) is 27.4 Å². The van der Waals surface area contributed by atoms with E-state index >= 15 is 0 Å². The number of aromatic hydroxyl groups is 2. The summed E-state index contributed by atoms with van der Waals surface area (Å²) in [5, 5.41) is 29.1. The molecule has 204 valence electrons. The van der Waals surface area contributed by atoms with Crippen LogP contribution in [0.4, 0.5) is 5.69 Å². The molecule has 0 aliphatic carbocycles. The van der Waals surface area contributed by atoms with Crippen molar-refractivity contribution in [2.75, 3.05) is 40.6 Å². The molecule has 0 saturated carbocycles. The number of carboxylic acids is 1. The summed E-state index contributed by atoms with van der Waals surface area (Å²) in [5.41, 5.74) is 6.38. The highest BCUT2D eigenvalue weighted by atomic mass is 35.5. The molecule has 1 atom stereocenters. The Morgan fingerprint density at radius 1 is 1.00 bits per heavy atom. The quantitative estimate of drug-likeness (QED) is 0.156. The highest BCUT2D eigenvalue weighted by Gasteiger charge is 2.27. The number of nitrogens with two attached hydrogens (primary N) is 1. The molecular weight excluding hydrogens is 514 g/mol. The van der Waals surface area contributed by atoms with Crippen molar-refractivity contribution < 1.29 is 53.3 Å². The molecule has 0 amide bonds. The lowest BCUT2D eigenvalue weighted by Crippen LogP contribution is -2.20. The molecule has 0 fully saturated rings. The van der Waals surface area contributed by atoms with Crippen LogP contribution in [-0.2, 0) is 31.8 Å². The first-order valence-corrected chi connectivity index (χ1v) is 11.3. The van der Waals surface area contributed by atoms with Gasteiger partial charge in [-0.2, -0.15) is 0 Å². The molecule has 1 unspecified atom stereocenters. The molecule has 0 aliphatic rings. The third-order valence-electron chi connectivity index (χ3n) is 5.09. The van der Waals surface area contributed by atoms with Crippen molar-refractivity contribution in [1.29, 1.82) is 0 Å². The highest BCUT2D eigenvalue weighted by Crippen LogP contribution is 2.43. The molecule has 12 nitrogen and oxygen atoms in total. The summed E-state index contributed by atoms with van der Waals surface area (Å²) < 4.78 is 32.2. The minimum Gasteiger partial charge on any atom is -0.507 e. The fraction of sp³-hybridized carbons (Fsp3) is 0.417. The van der Waals surface area contributed by atoms with Gasteiger partial charge in [-0.05, 0) is 18.9 Å². The van der Waals surface area contributed by atoms with E-state index in [4.69, 9.17) is 50.9 Å². The van der Waals surface area contributed by atoms with Gasteiger partial charge < -0.3 is 49.5 Å². The maximum Gasteiger partial charge on any atom is 0.342 e. The van der Waals surface area contributed by atoms with E-state index in [9.17, 15) is 19.8 Å². The predicted molar refractivity (Wildman–Crippen MR) is 132 cm³/mol. The molecule has 0 bridgehead atoms. The van der Waals surface area contributed by atoms with Crippen LogP contribution >= 0.6 is 11.6 Å². The summed E-state index contributed by atoms with van der Waals surface area (Å²) in [5.74, 6) is -2.50. The Balaban J connectivity index is 2.43. The number of hydrogen-bond acceptors (Lipinski definition) is 11. The third kappa shape index (κ3) is 7.44. The lowest BCUT2D eigenvalue weighted by molar-refractivity contribution is -0.136. The molecule has 0 saturated heterocycles. The largest absolute Gasteiger partial charge is 0.507 e. The number of halogens is 1. The lowest BCUT2D eigenvalue weighted by Gasteiger charge is -2.22. The van der Waals surface area contributed by atoms with Crippen LogP contribution in [0.15, 0.2) is 12.1 Å². The van der Waals surface area contributed by atoms with E-state index in [0.717, 1.165) is 6.07 Å². The van der Waals surface area contributed by atoms with Gasteiger partial charge in [0.1, 0.15) is 23.2 Å². The summed E-state index contributed by atoms with van der Waals surface area (Å²) in [4.78, 5) is 24.1. The number of rotatable bonds is 14. The van der Waals surface area contributed by atoms with Gasteiger partial charge in [0.25, 0.3) is 0 Å². The first kappa shape index (κ1) is 29.6. The number of carbonyl (C=O) groups is 2. The number of ether oxygens (including phenoxy) is 6. The summed E-state index contributed by atoms with van der Waals surface area (Å²) in [6, 6.07) is 2.37. The van der Waals surface area contributed by atoms with Crippen LogP contribution < -0.4 is 19.9 Å². The van der Waals surface area contributed by atoms with E-state index in [1.807, 2.05) is 0 Å². The van der Waals surface area contributed by atoms with Gasteiger partial charge in [0.2, 0.25) is 0 Å². The predicted octanol–water partition coefficient (Wildman–Crippen LogP) is 3.11. The summed E-state index contributed by atoms with van der Waals surface area (Å²) in [6.07, 6.45) is -1.45. The number of benzene rings is 2.